The molecular weight excluding hydrogens is 422 g/mol. The number of rotatable bonds is 4. The van der Waals surface area contributed by atoms with E-state index in [-0.39, 0.29) is 11.8 Å². The summed E-state index contributed by atoms with van der Waals surface area (Å²) in [5.41, 5.74) is 5.02. The van der Waals surface area contributed by atoms with Crippen LogP contribution in [0.1, 0.15) is 31.8 Å². The van der Waals surface area contributed by atoms with Crippen LogP contribution in [0.25, 0.3) is 0 Å². The number of hydrogen-bond donors (Lipinski definition) is 1. The zero-order chi connectivity index (χ0) is 22.7. The number of aryl methyl sites for hydroxylation is 2. The van der Waals surface area contributed by atoms with Crippen LogP contribution in [-0.2, 0) is 0 Å². The molecule has 0 saturated carbocycles. The SMILES string of the molecule is Cc1ccc(C(=O)Nc2ccc(N3CCN(C(=O)c4ccccc4C)CC3)cc2)c(Cl)c1. The summed E-state index contributed by atoms with van der Waals surface area (Å²) in [4.78, 5) is 29.5. The second kappa shape index (κ2) is 9.45. The third kappa shape index (κ3) is 4.78. The Hall–Kier alpha value is -3.31. The molecule has 1 N–H and O–H groups in total. The molecule has 5 nitrogen and oxygen atoms in total. The van der Waals surface area contributed by atoms with Crippen LogP contribution >= 0.6 is 11.6 Å². The van der Waals surface area contributed by atoms with Crippen molar-refractivity contribution in [3.63, 3.8) is 0 Å². The lowest BCUT2D eigenvalue weighted by atomic mass is 10.1. The van der Waals surface area contributed by atoms with E-state index in [1.54, 1.807) is 12.1 Å². The maximum Gasteiger partial charge on any atom is 0.257 e. The van der Waals surface area contributed by atoms with Gasteiger partial charge in [0, 0.05) is 43.1 Å². The fourth-order valence-corrected chi connectivity index (χ4v) is 4.23. The first-order chi connectivity index (χ1) is 15.4. The van der Waals surface area contributed by atoms with Gasteiger partial charge in [-0.05, 0) is 67.4 Å². The van der Waals surface area contributed by atoms with E-state index in [4.69, 9.17) is 11.6 Å². The molecule has 0 unspecified atom stereocenters. The Balaban J connectivity index is 1.35. The molecule has 0 spiro atoms. The summed E-state index contributed by atoms with van der Waals surface area (Å²) in [6, 6.07) is 20.9. The number of anilines is 2. The summed E-state index contributed by atoms with van der Waals surface area (Å²) < 4.78 is 0. The molecule has 6 heteroatoms. The van der Waals surface area contributed by atoms with E-state index in [0.29, 0.717) is 29.4 Å². The highest BCUT2D eigenvalue weighted by Gasteiger charge is 2.23. The van der Waals surface area contributed by atoms with E-state index in [0.717, 1.165) is 35.5 Å². The zero-order valence-corrected chi connectivity index (χ0v) is 19.0. The monoisotopic (exact) mass is 447 g/mol. The topological polar surface area (TPSA) is 52.7 Å². The molecule has 32 heavy (non-hydrogen) atoms. The van der Waals surface area contributed by atoms with Crippen LogP contribution in [0.2, 0.25) is 5.02 Å². The first kappa shape index (κ1) is 21.9. The minimum absolute atomic E-state index is 0.0931. The van der Waals surface area contributed by atoms with E-state index in [1.807, 2.05) is 73.3 Å². The average molecular weight is 448 g/mol. The molecular formula is C26H26ClN3O2. The number of carbonyl (C=O) groups is 2. The molecule has 1 heterocycles. The van der Waals surface area contributed by atoms with Gasteiger partial charge in [-0.1, -0.05) is 35.9 Å². The Bertz CT molecular complexity index is 1140. The lowest BCUT2D eigenvalue weighted by molar-refractivity contribution is 0.0746. The van der Waals surface area contributed by atoms with Crippen LogP contribution in [0.15, 0.2) is 66.7 Å². The Morgan fingerprint density at radius 3 is 2.19 bits per heavy atom. The lowest BCUT2D eigenvalue weighted by Gasteiger charge is -2.36. The number of hydrogen-bond acceptors (Lipinski definition) is 3. The number of nitrogens with zero attached hydrogens (tertiary/aromatic N) is 2. The Morgan fingerprint density at radius 1 is 0.844 bits per heavy atom. The van der Waals surface area contributed by atoms with Crippen LogP contribution < -0.4 is 10.2 Å². The summed E-state index contributed by atoms with van der Waals surface area (Å²) in [5.74, 6) is -0.137. The summed E-state index contributed by atoms with van der Waals surface area (Å²) >= 11 is 6.20. The minimum Gasteiger partial charge on any atom is -0.368 e. The van der Waals surface area contributed by atoms with Gasteiger partial charge < -0.3 is 15.1 Å². The first-order valence-electron chi connectivity index (χ1n) is 10.7. The van der Waals surface area contributed by atoms with Gasteiger partial charge in [0.25, 0.3) is 11.8 Å². The van der Waals surface area contributed by atoms with Gasteiger partial charge in [-0.3, -0.25) is 9.59 Å². The molecule has 3 aromatic carbocycles. The van der Waals surface area contributed by atoms with Crippen LogP contribution in [-0.4, -0.2) is 42.9 Å². The Kier molecular flexibility index (Phi) is 6.47. The quantitative estimate of drug-likeness (QED) is 0.600. The summed E-state index contributed by atoms with van der Waals surface area (Å²) in [6.45, 7) is 6.79. The standard InChI is InChI=1S/C26H26ClN3O2/c1-18-7-12-23(24(27)17-18)25(31)28-20-8-10-21(11-9-20)29-13-15-30(16-14-29)26(32)22-6-4-3-5-19(22)2/h3-12,17H,13-16H2,1-2H3,(H,28,31). The van der Waals surface area contributed by atoms with Gasteiger partial charge in [0.05, 0.1) is 10.6 Å². The number of benzene rings is 3. The van der Waals surface area contributed by atoms with Crippen molar-refractivity contribution in [2.24, 2.45) is 0 Å². The van der Waals surface area contributed by atoms with Gasteiger partial charge in [0.1, 0.15) is 0 Å². The van der Waals surface area contributed by atoms with Crippen molar-refractivity contribution >= 4 is 34.8 Å². The predicted molar refractivity (Wildman–Crippen MR) is 130 cm³/mol. The number of halogens is 1. The van der Waals surface area contributed by atoms with E-state index >= 15 is 0 Å². The molecule has 1 aliphatic heterocycles. The molecule has 0 aliphatic carbocycles. The van der Waals surface area contributed by atoms with Gasteiger partial charge in [-0.15, -0.1) is 0 Å². The number of amides is 2. The first-order valence-corrected chi connectivity index (χ1v) is 11.1. The molecule has 0 radical (unpaired) electrons. The van der Waals surface area contributed by atoms with Crippen LogP contribution in [0, 0.1) is 13.8 Å². The van der Waals surface area contributed by atoms with Crippen molar-refractivity contribution in [2.45, 2.75) is 13.8 Å². The van der Waals surface area contributed by atoms with Gasteiger partial charge in [-0.25, -0.2) is 0 Å². The predicted octanol–water partition coefficient (Wildman–Crippen LogP) is 5.17. The minimum atomic E-state index is -0.230. The molecule has 1 saturated heterocycles. The third-order valence-electron chi connectivity index (χ3n) is 5.80. The van der Waals surface area contributed by atoms with Gasteiger partial charge in [-0.2, -0.15) is 0 Å². The van der Waals surface area contributed by atoms with Crippen molar-refractivity contribution < 1.29 is 9.59 Å². The van der Waals surface area contributed by atoms with E-state index in [1.165, 1.54) is 0 Å². The van der Waals surface area contributed by atoms with Crippen molar-refractivity contribution in [1.82, 2.24) is 4.90 Å². The normalized spacial score (nSPS) is 13.7. The second-order valence-corrected chi connectivity index (χ2v) is 8.49. The van der Waals surface area contributed by atoms with Gasteiger partial charge in [0.2, 0.25) is 0 Å². The summed E-state index contributed by atoms with van der Waals surface area (Å²) in [5, 5.41) is 3.34. The highest BCUT2D eigenvalue weighted by molar-refractivity contribution is 6.34. The molecule has 3 aromatic rings. The summed E-state index contributed by atoms with van der Waals surface area (Å²) in [7, 11) is 0. The maximum atomic E-state index is 12.8. The molecule has 2 amide bonds. The third-order valence-corrected chi connectivity index (χ3v) is 6.11. The molecule has 1 aliphatic rings. The van der Waals surface area contributed by atoms with Crippen molar-refractivity contribution in [3.05, 3.63) is 94.0 Å². The second-order valence-electron chi connectivity index (χ2n) is 8.08. The number of piperazine rings is 1. The van der Waals surface area contributed by atoms with Gasteiger partial charge >= 0.3 is 0 Å². The van der Waals surface area contributed by atoms with Crippen molar-refractivity contribution in [3.8, 4) is 0 Å². The molecule has 0 atom stereocenters. The molecule has 4 rings (SSSR count). The molecule has 164 valence electrons. The number of carbonyl (C=O) groups excluding carboxylic acids is 2. The van der Waals surface area contributed by atoms with E-state index in [9.17, 15) is 9.59 Å². The Labute approximate surface area is 193 Å². The molecule has 1 fully saturated rings. The van der Waals surface area contributed by atoms with Crippen molar-refractivity contribution in [2.75, 3.05) is 36.4 Å². The smallest absolute Gasteiger partial charge is 0.257 e. The Morgan fingerprint density at radius 2 is 1.53 bits per heavy atom. The van der Waals surface area contributed by atoms with Gasteiger partial charge in [0.15, 0.2) is 0 Å². The van der Waals surface area contributed by atoms with Crippen LogP contribution in [0.4, 0.5) is 11.4 Å². The van der Waals surface area contributed by atoms with Crippen LogP contribution in [0.3, 0.4) is 0 Å². The number of nitrogens with one attached hydrogen (secondary N) is 1. The maximum absolute atomic E-state index is 12.8. The fourth-order valence-electron chi connectivity index (χ4n) is 3.91. The summed E-state index contributed by atoms with van der Waals surface area (Å²) in [6.07, 6.45) is 0. The zero-order valence-electron chi connectivity index (χ0n) is 18.3. The highest BCUT2D eigenvalue weighted by atomic mass is 35.5. The molecule has 0 aromatic heterocycles. The van der Waals surface area contributed by atoms with Crippen molar-refractivity contribution in [1.29, 1.82) is 0 Å². The van der Waals surface area contributed by atoms with E-state index < -0.39 is 0 Å². The highest BCUT2D eigenvalue weighted by Crippen LogP contribution is 2.23. The fraction of sp³-hybridized carbons (Fsp3) is 0.231. The largest absolute Gasteiger partial charge is 0.368 e. The molecule has 0 bridgehead atoms. The van der Waals surface area contributed by atoms with E-state index in [2.05, 4.69) is 10.2 Å². The van der Waals surface area contributed by atoms with Crippen LogP contribution in [0.5, 0.6) is 0 Å². The lowest BCUT2D eigenvalue weighted by Crippen LogP contribution is -2.48. The average Bonchev–Trinajstić information content (AvgIpc) is 2.79.